The van der Waals surface area contributed by atoms with Crippen LogP contribution in [0.4, 0.5) is 0 Å². The van der Waals surface area contributed by atoms with Crippen molar-refractivity contribution in [2.24, 2.45) is 5.92 Å². The number of hydrogen-bond donors (Lipinski definition) is 1. The van der Waals surface area contributed by atoms with Crippen LogP contribution in [-0.2, 0) is 16.9 Å². The van der Waals surface area contributed by atoms with E-state index in [1.165, 1.54) is 6.42 Å². The molecule has 0 spiro atoms. The molecule has 7 nitrogen and oxygen atoms in total. The van der Waals surface area contributed by atoms with Gasteiger partial charge in [0.05, 0.1) is 10.7 Å². The molecule has 2 aromatic rings. The summed E-state index contributed by atoms with van der Waals surface area (Å²) in [5.41, 5.74) is 0.682. The Labute approximate surface area is 169 Å². The van der Waals surface area contributed by atoms with Crippen LogP contribution in [0.15, 0.2) is 9.90 Å². The summed E-state index contributed by atoms with van der Waals surface area (Å²) in [5.74, 6) is 1.41. The van der Waals surface area contributed by atoms with Gasteiger partial charge in [0, 0.05) is 24.8 Å². The van der Waals surface area contributed by atoms with Crippen molar-refractivity contribution in [3.63, 3.8) is 0 Å². The first-order valence-corrected chi connectivity index (χ1v) is 11.2. The average Bonchev–Trinajstić information content (AvgIpc) is 3.31. The SMILES string of the molecule is Cc1nc(C2(NC(=O)C3CCN(Cc4csc(C)n4)CC3)CCCCC2)no1. The second kappa shape index (κ2) is 8.29. The van der Waals surface area contributed by atoms with E-state index in [-0.39, 0.29) is 11.8 Å². The molecular weight excluding hydrogens is 374 g/mol. The van der Waals surface area contributed by atoms with E-state index in [1.807, 2.05) is 6.92 Å². The van der Waals surface area contributed by atoms with Crippen LogP contribution in [0.3, 0.4) is 0 Å². The highest BCUT2D eigenvalue weighted by Crippen LogP contribution is 2.36. The number of nitrogens with one attached hydrogen (secondary N) is 1. The van der Waals surface area contributed by atoms with Crippen LogP contribution in [0.5, 0.6) is 0 Å². The second-order valence-electron chi connectivity index (χ2n) is 8.18. The first-order chi connectivity index (χ1) is 13.5. The van der Waals surface area contributed by atoms with Crippen LogP contribution in [0.1, 0.15) is 67.4 Å². The molecule has 0 aromatic carbocycles. The molecule has 2 fully saturated rings. The van der Waals surface area contributed by atoms with Crippen molar-refractivity contribution in [1.82, 2.24) is 25.3 Å². The van der Waals surface area contributed by atoms with Crippen molar-refractivity contribution in [2.75, 3.05) is 13.1 Å². The maximum absolute atomic E-state index is 13.1. The number of nitrogens with zero attached hydrogens (tertiary/aromatic N) is 4. The topological polar surface area (TPSA) is 84.2 Å². The minimum absolute atomic E-state index is 0.0558. The van der Waals surface area contributed by atoms with Crippen molar-refractivity contribution in [3.8, 4) is 0 Å². The van der Waals surface area contributed by atoms with Gasteiger partial charge in [-0.3, -0.25) is 9.69 Å². The first-order valence-electron chi connectivity index (χ1n) is 10.3. The summed E-state index contributed by atoms with van der Waals surface area (Å²) in [6.07, 6.45) is 6.91. The lowest BCUT2D eigenvalue weighted by molar-refractivity contribution is -0.129. The summed E-state index contributed by atoms with van der Waals surface area (Å²) in [5, 5.41) is 10.7. The number of piperidine rings is 1. The van der Waals surface area contributed by atoms with Crippen LogP contribution < -0.4 is 5.32 Å². The lowest BCUT2D eigenvalue weighted by Crippen LogP contribution is -2.51. The minimum Gasteiger partial charge on any atom is -0.343 e. The third kappa shape index (κ3) is 4.27. The van der Waals surface area contributed by atoms with E-state index < -0.39 is 5.54 Å². The Bertz CT molecular complexity index is 803. The Balaban J connectivity index is 1.36. The number of amides is 1. The van der Waals surface area contributed by atoms with Gasteiger partial charge in [0.15, 0.2) is 5.82 Å². The van der Waals surface area contributed by atoms with Crippen molar-refractivity contribution < 1.29 is 9.32 Å². The van der Waals surface area contributed by atoms with Gasteiger partial charge in [-0.1, -0.05) is 24.4 Å². The van der Waals surface area contributed by atoms with E-state index in [1.54, 1.807) is 18.3 Å². The molecule has 152 valence electrons. The molecule has 0 radical (unpaired) electrons. The minimum atomic E-state index is -0.456. The van der Waals surface area contributed by atoms with E-state index in [9.17, 15) is 4.79 Å². The largest absolute Gasteiger partial charge is 0.343 e. The fourth-order valence-corrected chi connectivity index (χ4v) is 5.06. The molecule has 1 saturated heterocycles. The predicted molar refractivity (Wildman–Crippen MR) is 107 cm³/mol. The van der Waals surface area contributed by atoms with Crippen LogP contribution in [-0.4, -0.2) is 39.0 Å². The highest BCUT2D eigenvalue weighted by Gasteiger charge is 2.41. The monoisotopic (exact) mass is 403 g/mol. The Morgan fingerprint density at radius 1 is 1.25 bits per heavy atom. The van der Waals surface area contributed by atoms with Gasteiger partial charge in [-0.15, -0.1) is 11.3 Å². The molecule has 1 aliphatic heterocycles. The van der Waals surface area contributed by atoms with Crippen molar-refractivity contribution in [1.29, 1.82) is 0 Å². The van der Waals surface area contributed by atoms with E-state index in [4.69, 9.17) is 4.52 Å². The number of carbonyl (C=O) groups is 1. The van der Waals surface area contributed by atoms with Crippen molar-refractivity contribution in [2.45, 2.75) is 70.9 Å². The Hall–Kier alpha value is -1.80. The van der Waals surface area contributed by atoms with Gasteiger partial charge in [-0.05, 0) is 45.7 Å². The third-order valence-electron chi connectivity index (χ3n) is 6.04. The van der Waals surface area contributed by atoms with Crippen LogP contribution in [0.2, 0.25) is 0 Å². The lowest BCUT2D eigenvalue weighted by atomic mass is 9.80. The number of likely N-dealkylation sites (tertiary alicyclic amines) is 1. The zero-order chi connectivity index (χ0) is 19.6. The number of hydrogen-bond acceptors (Lipinski definition) is 7. The lowest BCUT2D eigenvalue weighted by Gasteiger charge is -2.38. The Morgan fingerprint density at radius 2 is 2.00 bits per heavy atom. The fraction of sp³-hybridized carbons (Fsp3) is 0.700. The van der Waals surface area contributed by atoms with Gasteiger partial charge in [-0.25, -0.2) is 4.98 Å². The summed E-state index contributed by atoms with van der Waals surface area (Å²) in [6, 6.07) is 0. The Kier molecular flexibility index (Phi) is 5.78. The molecule has 8 heteroatoms. The molecule has 1 N–H and O–H groups in total. The molecular formula is C20H29N5O2S. The summed E-state index contributed by atoms with van der Waals surface area (Å²) >= 11 is 1.70. The van der Waals surface area contributed by atoms with E-state index in [2.05, 4.69) is 30.7 Å². The third-order valence-corrected chi connectivity index (χ3v) is 6.86. The fourth-order valence-electron chi connectivity index (χ4n) is 4.45. The summed E-state index contributed by atoms with van der Waals surface area (Å²) < 4.78 is 5.22. The molecule has 1 aliphatic carbocycles. The van der Waals surface area contributed by atoms with Gasteiger partial charge in [0.25, 0.3) is 0 Å². The van der Waals surface area contributed by atoms with Crippen LogP contribution >= 0.6 is 11.3 Å². The smallest absolute Gasteiger partial charge is 0.224 e. The van der Waals surface area contributed by atoms with Gasteiger partial charge in [0.1, 0.15) is 5.54 Å². The number of aromatic nitrogens is 3. The number of carbonyl (C=O) groups excluding carboxylic acids is 1. The van der Waals surface area contributed by atoms with Crippen LogP contribution in [0.25, 0.3) is 0 Å². The zero-order valence-corrected chi connectivity index (χ0v) is 17.6. The van der Waals surface area contributed by atoms with E-state index in [0.717, 1.165) is 68.9 Å². The molecule has 0 unspecified atom stereocenters. The molecule has 2 aromatic heterocycles. The number of aryl methyl sites for hydroxylation is 2. The highest BCUT2D eigenvalue weighted by molar-refractivity contribution is 7.09. The van der Waals surface area contributed by atoms with Gasteiger partial charge in [-0.2, -0.15) is 4.98 Å². The van der Waals surface area contributed by atoms with Crippen LogP contribution in [0, 0.1) is 19.8 Å². The molecule has 1 amide bonds. The molecule has 2 aliphatic rings. The maximum atomic E-state index is 13.1. The van der Waals surface area contributed by atoms with Gasteiger partial charge < -0.3 is 9.84 Å². The van der Waals surface area contributed by atoms with Gasteiger partial charge >= 0.3 is 0 Å². The van der Waals surface area contributed by atoms with E-state index in [0.29, 0.717) is 11.7 Å². The van der Waals surface area contributed by atoms with E-state index >= 15 is 0 Å². The summed E-state index contributed by atoms with van der Waals surface area (Å²) in [6.45, 7) is 6.59. The highest BCUT2D eigenvalue weighted by atomic mass is 32.1. The molecule has 0 atom stereocenters. The molecule has 0 bridgehead atoms. The summed E-state index contributed by atoms with van der Waals surface area (Å²) in [7, 11) is 0. The second-order valence-corrected chi connectivity index (χ2v) is 9.24. The molecule has 3 heterocycles. The molecule has 28 heavy (non-hydrogen) atoms. The Morgan fingerprint density at radius 3 is 2.61 bits per heavy atom. The standard InChI is InChI=1S/C20H29N5O2S/c1-14-21-19(24-27-14)20(8-4-3-5-9-20)23-18(26)16-6-10-25(11-7-16)12-17-13-28-15(2)22-17/h13,16H,3-12H2,1-2H3,(H,23,26). The quantitative estimate of drug-likeness (QED) is 0.824. The predicted octanol–water partition coefficient (Wildman–Crippen LogP) is 3.33. The first kappa shape index (κ1) is 19.5. The molecule has 1 saturated carbocycles. The summed E-state index contributed by atoms with van der Waals surface area (Å²) in [4.78, 5) is 24.5. The number of thiazole rings is 1. The number of rotatable bonds is 5. The van der Waals surface area contributed by atoms with Crippen molar-refractivity contribution in [3.05, 3.63) is 27.8 Å². The molecule has 4 rings (SSSR count). The van der Waals surface area contributed by atoms with Crippen molar-refractivity contribution >= 4 is 17.2 Å². The normalized spacial score (nSPS) is 20.9. The zero-order valence-electron chi connectivity index (χ0n) is 16.7. The maximum Gasteiger partial charge on any atom is 0.224 e. The average molecular weight is 404 g/mol. The van der Waals surface area contributed by atoms with Gasteiger partial charge in [0.2, 0.25) is 11.8 Å².